The van der Waals surface area contributed by atoms with E-state index in [1.165, 1.54) is 0 Å². The molecule has 0 aliphatic heterocycles. The fourth-order valence-electron chi connectivity index (χ4n) is 1.39. The first-order chi connectivity index (χ1) is 6.18. The number of carbonyl (C=O) groups is 1. The largest absolute Gasteiger partial charge is 0.508 e. The smallest absolute Gasteiger partial charge is 0.165 e. The van der Waals surface area contributed by atoms with E-state index in [4.69, 9.17) is 0 Å². The molecule has 1 saturated carbocycles. The lowest BCUT2D eigenvalue weighted by Crippen LogP contribution is -2.00. The molecule has 0 radical (unpaired) electrons. The maximum atomic E-state index is 11.6. The summed E-state index contributed by atoms with van der Waals surface area (Å²) in [6.45, 7) is 1.80. The van der Waals surface area contributed by atoms with Gasteiger partial charge in [0.25, 0.3) is 0 Å². The SMILES string of the molecule is Cc1cc(C(=O)C2CC2)ccc1O. The normalized spacial score (nSPS) is 15.8. The molecular weight excluding hydrogens is 164 g/mol. The van der Waals surface area contributed by atoms with E-state index in [1.54, 1.807) is 25.1 Å². The maximum absolute atomic E-state index is 11.6. The maximum Gasteiger partial charge on any atom is 0.165 e. The molecule has 1 aromatic carbocycles. The lowest BCUT2D eigenvalue weighted by atomic mass is 10.0. The average Bonchev–Trinajstić information content (AvgIpc) is 2.91. The Morgan fingerprint density at radius 2 is 2.15 bits per heavy atom. The van der Waals surface area contributed by atoms with Gasteiger partial charge in [-0.25, -0.2) is 0 Å². The zero-order chi connectivity index (χ0) is 9.42. The fraction of sp³-hybridized carbons (Fsp3) is 0.364. The number of rotatable bonds is 2. The molecule has 0 spiro atoms. The molecule has 0 bridgehead atoms. The summed E-state index contributed by atoms with van der Waals surface area (Å²) in [6.07, 6.45) is 2.05. The number of hydrogen-bond donors (Lipinski definition) is 1. The Bertz CT molecular complexity index is 351. The van der Waals surface area contributed by atoms with Crippen molar-refractivity contribution in [1.29, 1.82) is 0 Å². The second kappa shape index (κ2) is 2.87. The highest BCUT2D eigenvalue weighted by Crippen LogP contribution is 2.33. The van der Waals surface area contributed by atoms with Gasteiger partial charge in [-0.2, -0.15) is 0 Å². The molecule has 0 saturated heterocycles. The Labute approximate surface area is 77.2 Å². The molecule has 1 aromatic rings. The summed E-state index contributed by atoms with van der Waals surface area (Å²) >= 11 is 0. The van der Waals surface area contributed by atoms with Gasteiger partial charge in [0.05, 0.1) is 0 Å². The Balaban J connectivity index is 2.30. The highest BCUT2D eigenvalue weighted by molar-refractivity contribution is 5.99. The summed E-state index contributed by atoms with van der Waals surface area (Å²) in [5.41, 5.74) is 1.50. The predicted octanol–water partition coefficient (Wildman–Crippen LogP) is 2.29. The van der Waals surface area contributed by atoms with Gasteiger partial charge >= 0.3 is 0 Å². The van der Waals surface area contributed by atoms with Crippen LogP contribution >= 0.6 is 0 Å². The van der Waals surface area contributed by atoms with Crippen molar-refractivity contribution in [1.82, 2.24) is 0 Å². The third-order valence-electron chi connectivity index (χ3n) is 2.43. The number of phenolic OH excluding ortho intramolecular Hbond substituents is 1. The molecule has 1 aliphatic rings. The first-order valence-electron chi connectivity index (χ1n) is 4.52. The first-order valence-corrected chi connectivity index (χ1v) is 4.52. The van der Waals surface area contributed by atoms with Crippen molar-refractivity contribution in [2.24, 2.45) is 5.92 Å². The molecule has 1 aliphatic carbocycles. The van der Waals surface area contributed by atoms with Crippen LogP contribution < -0.4 is 0 Å². The molecule has 2 nitrogen and oxygen atoms in total. The number of carbonyl (C=O) groups excluding carboxylic acids is 1. The van der Waals surface area contributed by atoms with Crippen LogP contribution in [0.3, 0.4) is 0 Å². The quantitative estimate of drug-likeness (QED) is 0.702. The third-order valence-corrected chi connectivity index (χ3v) is 2.43. The Hall–Kier alpha value is -1.31. The highest BCUT2D eigenvalue weighted by atomic mass is 16.3. The van der Waals surface area contributed by atoms with Gasteiger partial charge in [-0.15, -0.1) is 0 Å². The zero-order valence-electron chi connectivity index (χ0n) is 7.58. The number of phenols is 1. The summed E-state index contributed by atoms with van der Waals surface area (Å²) in [6, 6.07) is 5.05. The van der Waals surface area contributed by atoms with Gasteiger partial charge in [-0.05, 0) is 43.5 Å². The van der Waals surface area contributed by atoms with Gasteiger partial charge in [0.15, 0.2) is 5.78 Å². The minimum atomic E-state index is 0.225. The average molecular weight is 176 g/mol. The van der Waals surface area contributed by atoms with E-state index < -0.39 is 0 Å². The third kappa shape index (κ3) is 1.57. The molecule has 2 heteroatoms. The van der Waals surface area contributed by atoms with Crippen LogP contribution in [0.2, 0.25) is 0 Å². The molecule has 1 N–H and O–H groups in total. The van der Waals surface area contributed by atoms with E-state index in [-0.39, 0.29) is 17.5 Å². The second-order valence-corrected chi connectivity index (χ2v) is 3.64. The molecule has 68 valence electrons. The summed E-state index contributed by atoms with van der Waals surface area (Å²) in [4.78, 5) is 11.6. The summed E-state index contributed by atoms with van der Waals surface area (Å²) in [5.74, 6) is 0.736. The summed E-state index contributed by atoms with van der Waals surface area (Å²) < 4.78 is 0. The second-order valence-electron chi connectivity index (χ2n) is 3.64. The van der Waals surface area contributed by atoms with Crippen molar-refractivity contribution in [3.63, 3.8) is 0 Å². The van der Waals surface area contributed by atoms with Crippen LogP contribution in [0.5, 0.6) is 5.75 Å². The zero-order valence-corrected chi connectivity index (χ0v) is 7.58. The van der Waals surface area contributed by atoms with Gasteiger partial charge < -0.3 is 5.11 Å². The van der Waals surface area contributed by atoms with Crippen molar-refractivity contribution in [2.75, 3.05) is 0 Å². The monoisotopic (exact) mass is 176 g/mol. The van der Waals surface area contributed by atoms with Crippen LogP contribution in [0, 0.1) is 12.8 Å². The minimum Gasteiger partial charge on any atom is -0.508 e. The number of hydrogen-bond acceptors (Lipinski definition) is 2. The molecular formula is C11H12O2. The predicted molar refractivity (Wildman–Crippen MR) is 49.9 cm³/mol. The van der Waals surface area contributed by atoms with E-state index in [0.717, 1.165) is 24.0 Å². The minimum absolute atomic E-state index is 0.225. The van der Waals surface area contributed by atoms with Crippen LogP contribution in [-0.4, -0.2) is 10.9 Å². The van der Waals surface area contributed by atoms with Crippen molar-refractivity contribution >= 4 is 5.78 Å². The Morgan fingerprint density at radius 3 is 2.69 bits per heavy atom. The van der Waals surface area contributed by atoms with Crippen molar-refractivity contribution in [2.45, 2.75) is 19.8 Å². The van der Waals surface area contributed by atoms with E-state index in [1.807, 2.05) is 0 Å². The summed E-state index contributed by atoms with van der Waals surface area (Å²) in [5, 5.41) is 9.27. The van der Waals surface area contributed by atoms with E-state index in [0.29, 0.717) is 0 Å². The number of ketones is 1. The van der Waals surface area contributed by atoms with Crippen LogP contribution in [0.15, 0.2) is 18.2 Å². The van der Waals surface area contributed by atoms with Gasteiger partial charge in [0.2, 0.25) is 0 Å². The van der Waals surface area contributed by atoms with Crippen molar-refractivity contribution in [3.8, 4) is 5.75 Å². The molecule has 2 rings (SSSR count). The van der Waals surface area contributed by atoms with Crippen molar-refractivity contribution in [3.05, 3.63) is 29.3 Å². The van der Waals surface area contributed by atoms with Crippen LogP contribution in [0.4, 0.5) is 0 Å². The van der Waals surface area contributed by atoms with Gasteiger partial charge in [0, 0.05) is 11.5 Å². The van der Waals surface area contributed by atoms with E-state index in [9.17, 15) is 9.90 Å². The molecule has 0 heterocycles. The number of aryl methyl sites for hydroxylation is 1. The lowest BCUT2D eigenvalue weighted by molar-refractivity contribution is 0.0967. The molecule has 13 heavy (non-hydrogen) atoms. The Morgan fingerprint density at radius 1 is 1.46 bits per heavy atom. The Kier molecular flexibility index (Phi) is 1.83. The first kappa shape index (κ1) is 8.30. The van der Waals surface area contributed by atoms with Gasteiger partial charge in [-0.3, -0.25) is 4.79 Å². The van der Waals surface area contributed by atoms with Crippen LogP contribution in [0.25, 0.3) is 0 Å². The highest BCUT2D eigenvalue weighted by Gasteiger charge is 2.30. The topological polar surface area (TPSA) is 37.3 Å². The van der Waals surface area contributed by atoms with Crippen LogP contribution in [0.1, 0.15) is 28.8 Å². The molecule has 0 aromatic heterocycles. The number of Topliss-reactive ketones (excluding diaryl/α,β-unsaturated/α-hetero) is 1. The van der Waals surface area contributed by atoms with Gasteiger partial charge in [-0.1, -0.05) is 0 Å². The molecule has 0 amide bonds. The van der Waals surface area contributed by atoms with Gasteiger partial charge in [0.1, 0.15) is 5.75 Å². The number of aromatic hydroxyl groups is 1. The molecule has 0 unspecified atom stereocenters. The van der Waals surface area contributed by atoms with Crippen molar-refractivity contribution < 1.29 is 9.90 Å². The van der Waals surface area contributed by atoms with E-state index >= 15 is 0 Å². The summed E-state index contributed by atoms with van der Waals surface area (Å²) in [7, 11) is 0. The van der Waals surface area contributed by atoms with E-state index in [2.05, 4.69) is 0 Å². The van der Waals surface area contributed by atoms with Crippen LogP contribution in [-0.2, 0) is 0 Å². The standard InChI is InChI=1S/C11H12O2/c1-7-6-9(4-5-10(7)12)11(13)8-2-3-8/h4-6,8,12H,2-3H2,1H3. The lowest BCUT2D eigenvalue weighted by Gasteiger charge is -2.02. The molecule has 0 atom stereocenters. The number of benzene rings is 1. The molecule has 1 fully saturated rings. The fourth-order valence-corrected chi connectivity index (χ4v) is 1.39.